The van der Waals surface area contributed by atoms with E-state index in [9.17, 15) is 18.4 Å². The lowest BCUT2D eigenvalue weighted by molar-refractivity contribution is -0.137. The number of piperazine rings is 1. The predicted octanol–water partition coefficient (Wildman–Crippen LogP) is 6.09. The number of nitrogens with one attached hydrogen (secondary N) is 1. The summed E-state index contributed by atoms with van der Waals surface area (Å²) in [4.78, 5) is 12.6. The second kappa shape index (κ2) is 11.9. The van der Waals surface area contributed by atoms with Crippen molar-refractivity contribution in [2.24, 2.45) is 5.41 Å². The number of aromatic nitrogens is 2. The van der Waals surface area contributed by atoms with Crippen LogP contribution in [0.5, 0.6) is 6.01 Å². The van der Waals surface area contributed by atoms with Gasteiger partial charge in [-0.2, -0.15) is 28.4 Å². The highest BCUT2D eigenvalue weighted by atomic mass is 35.5. The molecule has 8 nitrogen and oxygen atoms in total. The largest absolute Gasteiger partial charge is 0.463 e. The Morgan fingerprint density at radius 1 is 1.15 bits per heavy atom. The van der Waals surface area contributed by atoms with E-state index in [2.05, 4.69) is 20.2 Å². The number of piperidine rings is 1. The number of fused-ring (bicyclic) bond motifs is 3. The number of nitrogens with two attached hydrogens (primary N) is 1. The number of ether oxygens (including phenoxy) is 1. The van der Waals surface area contributed by atoms with Crippen molar-refractivity contribution in [3.8, 4) is 23.2 Å². The van der Waals surface area contributed by atoms with Crippen molar-refractivity contribution in [1.82, 2.24) is 20.2 Å². The van der Waals surface area contributed by atoms with Gasteiger partial charge in [-0.05, 0) is 37.9 Å². The quantitative estimate of drug-likeness (QED) is 0.241. The fourth-order valence-electron chi connectivity index (χ4n) is 6.95. The van der Waals surface area contributed by atoms with Crippen LogP contribution in [0.4, 0.5) is 37.8 Å². The number of anilines is 2. The Morgan fingerprint density at radius 2 is 1.85 bits per heavy atom. The van der Waals surface area contributed by atoms with Gasteiger partial charge in [-0.15, -0.1) is 0 Å². The van der Waals surface area contributed by atoms with Gasteiger partial charge < -0.3 is 25.6 Å². The minimum atomic E-state index is -5.20. The second-order valence-corrected chi connectivity index (χ2v) is 13.0. The highest BCUT2D eigenvalue weighted by Gasteiger charge is 2.42. The molecular weight excluding hydrogens is 636 g/mol. The number of nitrogen functional groups attached to an aromatic ring is 1. The topological polar surface area (TPSA) is 103 Å². The number of rotatable bonds is 6. The van der Waals surface area contributed by atoms with E-state index in [0.29, 0.717) is 39.1 Å². The number of nitriles is 1. The molecule has 15 heteroatoms. The molecule has 0 radical (unpaired) electrons. The summed E-state index contributed by atoms with van der Waals surface area (Å²) in [6.07, 6.45) is -4.33. The zero-order chi connectivity index (χ0) is 33.1. The molecule has 3 aromatic rings. The van der Waals surface area contributed by atoms with Gasteiger partial charge >= 0.3 is 12.2 Å². The van der Waals surface area contributed by atoms with Crippen molar-refractivity contribution in [3.05, 3.63) is 39.9 Å². The maximum absolute atomic E-state index is 16.6. The van der Waals surface area contributed by atoms with Gasteiger partial charge in [0.25, 0.3) is 0 Å². The third-order valence-corrected chi connectivity index (χ3v) is 9.63. The zero-order valence-electron chi connectivity index (χ0n) is 25.1. The van der Waals surface area contributed by atoms with Crippen LogP contribution < -0.4 is 20.7 Å². The van der Waals surface area contributed by atoms with E-state index in [1.165, 1.54) is 6.07 Å². The molecule has 3 N–H and O–H groups in total. The number of halogens is 7. The molecular formula is C31H32ClF6N7O. The maximum Gasteiger partial charge on any atom is 0.418 e. The van der Waals surface area contributed by atoms with Crippen LogP contribution >= 0.6 is 11.6 Å². The van der Waals surface area contributed by atoms with Gasteiger partial charge in [-0.1, -0.05) is 25.4 Å². The first kappa shape index (κ1) is 32.4. The normalized spacial score (nSPS) is 25.2. The summed E-state index contributed by atoms with van der Waals surface area (Å²) in [7, 11) is 0. The Kier molecular flexibility index (Phi) is 8.40. The highest BCUT2D eigenvalue weighted by Crippen LogP contribution is 2.48. The van der Waals surface area contributed by atoms with Gasteiger partial charge in [0.2, 0.25) is 0 Å². The molecule has 0 amide bonds. The van der Waals surface area contributed by atoms with Gasteiger partial charge in [0.05, 0.1) is 27.4 Å². The van der Waals surface area contributed by atoms with E-state index in [-0.39, 0.29) is 35.9 Å². The SMILES string of the molecule is CCN1CC[C@@H](F)[C@](C)(COc2nc(N3C[C@H]4CC[C@@H](C3)N4)c3cc(F)c(-c4c(C#N)c(N)cc(Cl)c4C(F)(F)F)c(F)c3n2)C1. The smallest absolute Gasteiger partial charge is 0.418 e. The summed E-state index contributed by atoms with van der Waals surface area (Å²) in [5, 5.41) is 12.2. The Balaban J connectivity index is 1.54. The van der Waals surface area contributed by atoms with Gasteiger partial charge in [0, 0.05) is 54.6 Å². The van der Waals surface area contributed by atoms with Crippen molar-refractivity contribution in [2.45, 2.75) is 57.5 Å². The lowest BCUT2D eigenvalue weighted by Crippen LogP contribution is -2.51. The summed E-state index contributed by atoms with van der Waals surface area (Å²) in [6.45, 7) is 6.12. The highest BCUT2D eigenvalue weighted by molar-refractivity contribution is 6.32. The minimum Gasteiger partial charge on any atom is -0.463 e. The van der Waals surface area contributed by atoms with Crippen molar-refractivity contribution in [3.63, 3.8) is 0 Å². The van der Waals surface area contributed by atoms with Crippen LogP contribution in [0.2, 0.25) is 5.02 Å². The molecule has 3 aliphatic rings. The van der Waals surface area contributed by atoms with Crippen molar-refractivity contribution in [2.75, 3.05) is 50.0 Å². The molecule has 4 atom stereocenters. The van der Waals surface area contributed by atoms with Gasteiger partial charge in [-0.25, -0.2) is 13.2 Å². The van der Waals surface area contributed by atoms with E-state index < -0.39 is 67.9 Å². The standard InChI is InChI=1S/C31H32ClF6N7O/c1-3-44-7-6-22(34)30(2,13-44)14-46-29-42-27-17(28(43-29)45-11-15-4-5-16(12-45)41-15)8-20(33)24(26(27)35)23-18(10-39)21(40)9-19(32)25(23)31(36,37)38/h8-9,15-16,22,41H,3-7,11-14,40H2,1-2H3/t15-,16+,22-,30+/m1/s1. The van der Waals surface area contributed by atoms with E-state index >= 15 is 13.2 Å². The molecule has 0 aliphatic carbocycles. The lowest BCUT2D eigenvalue weighted by Gasteiger charge is -2.42. The fraction of sp³-hybridized carbons (Fsp3) is 0.516. The average Bonchev–Trinajstić information content (AvgIpc) is 3.33. The number of likely N-dealkylation sites (tertiary alicyclic amines) is 1. The van der Waals surface area contributed by atoms with E-state index in [0.717, 1.165) is 25.0 Å². The molecule has 3 fully saturated rings. The molecule has 0 saturated carbocycles. The molecule has 3 saturated heterocycles. The molecule has 1 aromatic heterocycles. The summed E-state index contributed by atoms with van der Waals surface area (Å²) >= 11 is 5.92. The summed E-state index contributed by atoms with van der Waals surface area (Å²) in [5.74, 6) is -2.74. The Morgan fingerprint density at radius 3 is 2.48 bits per heavy atom. The number of alkyl halides is 4. The molecule has 0 unspecified atom stereocenters. The van der Waals surface area contributed by atoms with Crippen LogP contribution in [0, 0.1) is 28.4 Å². The maximum atomic E-state index is 16.6. The number of benzene rings is 2. The number of nitrogens with zero attached hydrogens (tertiary/aromatic N) is 5. The molecule has 46 heavy (non-hydrogen) atoms. The third kappa shape index (κ3) is 5.66. The minimum absolute atomic E-state index is 0.0949. The molecule has 4 heterocycles. The van der Waals surface area contributed by atoms with Gasteiger partial charge in [0.1, 0.15) is 36.0 Å². The summed E-state index contributed by atoms with van der Waals surface area (Å²) in [6, 6.07) is 2.97. The Hall–Kier alpha value is -3.54. The van der Waals surface area contributed by atoms with Gasteiger partial charge in [-0.3, -0.25) is 0 Å². The van der Waals surface area contributed by atoms with E-state index in [4.69, 9.17) is 22.1 Å². The first-order valence-electron chi connectivity index (χ1n) is 15.0. The number of hydrogen-bond acceptors (Lipinski definition) is 8. The van der Waals surface area contributed by atoms with Crippen LogP contribution in [-0.2, 0) is 6.18 Å². The first-order valence-corrected chi connectivity index (χ1v) is 15.4. The van der Waals surface area contributed by atoms with Crippen LogP contribution in [0.25, 0.3) is 22.0 Å². The van der Waals surface area contributed by atoms with Crippen LogP contribution in [0.3, 0.4) is 0 Å². The monoisotopic (exact) mass is 667 g/mol. The molecule has 6 rings (SSSR count). The Bertz CT molecular complexity index is 1720. The van der Waals surface area contributed by atoms with Crippen LogP contribution in [0.15, 0.2) is 12.1 Å². The molecule has 0 spiro atoms. The number of hydrogen-bond donors (Lipinski definition) is 2. The van der Waals surface area contributed by atoms with Gasteiger partial charge in [0.15, 0.2) is 5.82 Å². The lowest BCUT2D eigenvalue weighted by atomic mass is 9.81. The van der Waals surface area contributed by atoms with E-state index in [1.807, 2.05) is 11.8 Å². The summed E-state index contributed by atoms with van der Waals surface area (Å²) < 4.78 is 96.7. The van der Waals surface area contributed by atoms with Crippen molar-refractivity contribution < 1.29 is 31.1 Å². The molecule has 2 bridgehead atoms. The zero-order valence-corrected chi connectivity index (χ0v) is 25.9. The fourth-order valence-corrected chi connectivity index (χ4v) is 7.27. The molecule has 246 valence electrons. The van der Waals surface area contributed by atoms with Crippen molar-refractivity contribution >= 4 is 34.0 Å². The predicted molar refractivity (Wildman–Crippen MR) is 161 cm³/mol. The molecule has 2 aromatic carbocycles. The van der Waals surface area contributed by atoms with Crippen molar-refractivity contribution in [1.29, 1.82) is 5.26 Å². The van der Waals surface area contributed by atoms with Crippen LogP contribution in [-0.4, -0.2) is 72.5 Å². The Labute approximate surface area is 266 Å². The van der Waals surface area contributed by atoms with E-state index in [1.54, 1.807) is 6.92 Å². The third-order valence-electron chi connectivity index (χ3n) is 9.33. The molecule has 3 aliphatic heterocycles. The average molecular weight is 668 g/mol. The van der Waals surface area contributed by atoms with Crippen LogP contribution in [0.1, 0.15) is 44.2 Å². The second-order valence-electron chi connectivity index (χ2n) is 12.6. The summed E-state index contributed by atoms with van der Waals surface area (Å²) in [5.41, 5.74) is -0.846. The first-order chi connectivity index (χ1) is 21.7.